The fraction of sp³-hybridized carbons (Fsp3) is 0.571. The van der Waals surface area contributed by atoms with E-state index in [9.17, 15) is 5.11 Å². The van der Waals surface area contributed by atoms with Crippen molar-refractivity contribution in [3.63, 3.8) is 0 Å². The van der Waals surface area contributed by atoms with E-state index in [1.807, 2.05) is 32.0 Å². The quantitative estimate of drug-likeness (QED) is 0.837. The molecule has 18 heavy (non-hydrogen) atoms. The number of rotatable bonds is 5. The number of benzene rings is 1. The minimum Gasteiger partial charge on any atom is -0.490 e. The molecule has 4 nitrogen and oxygen atoms in total. The lowest BCUT2D eigenvalue weighted by Crippen LogP contribution is -2.49. The molecule has 1 aromatic rings. The molecule has 0 unspecified atom stereocenters. The highest BCUT2D eigenvalue weighted by Gasteiger charge is 2.42. The standard InChI is InChI=1S/C14H21NO3/c1-3-17-12-6-5-10(7-13(12)18-4-2)14(16)8-11(15)9-14/h5-7,11,16H,3-4,8-9,15H2,1-2H3. The Morgan fingerprint density at radius 2 is 1.83 bits per heavy atom. The molecule has 1 saturated carbocycles. The SMILES string of the molecule is CCOc1ccc(C2(O)CC(N)C2)cc1OCC. The molecule has 0 amide bonds. The van der Waals surface area contributed by atoms with Crippen LogP contribution in [0.25, 0.3) is 0 Å². The molecule has 0 aromatic heterocycles. The van der Waals surface area contributed by atoms with Crippen LogP contribution in [0.4, 0.5) is 0 Å². The zero-order valence-corrected chi connectivity index (χ0v) is 11.0. The molecule has 2 rings (SSSR count). The molecule has 1 aliphatic rings. The van der Waals surface area contributed by atoms with E-state index in [0.717, 1.165) is 11.3 Å². The summed E-state index contributed by atoms with van der Waals surface area (Å²) in [5.41, 5.74) is 5.81. The van der Waals surface area contributed by atoms with Crippen molar-refractivity contribution in [2.75, 3.05) is 13.2 Å². The van der Waals surface area contributed by atoms with Crippen LogP contribution in [0.1, 0.15) is 32.3 Å². The van der Waals surface area contributed by atoms with Crippen LogP contribution in [0.2, 0.25) is 0 Å². The van der Waals surface area contributed by atoms with Crippen molar-refractivity contribution >= 4 is 0 Å². The highest BCUT2D eigenvalue weighted by Crippen LogP contribution is 2.43. The molecule has 0 aliphatic heterocycles. The molecule has 100 valence electrons. The summed E-state index contributed by atoms with van der Waals surface area (Å²) in [5.74, 6) is 1.40. The third-order valence-electron chi connectivity index (χ3n) is 3.28. The Labute approximate surface area is 108 Å². The van der Waals surface area contributed by atoms with Gasteiger partial charge in [-0.25, -0.2) is 0 Å². The van der Waals surface area contributed by atoms with Crippen LogP contribution >= 0.6 is 0 Å². The van der Waals surface area contributed by atoms with Crippen LogP contribution in [0.15, 0.2) is 18.2 Å². The molecule has 0 atom stereocenters. The van der Waals surface area contributed by atoms with E-state index in [1.54, 1.807) is 0 Å². The van der Waals surface area contributed by atoms with Crippen molar-refractivity contribution in [3.05, 3.63) is 23.8 Å². The van der Waals surface area contributed by atoms with E-state index in [2.05, 4.69) is 0 Å². The molecule has 1 fully saturated rings. The Morgan fingerprint density at radius 1 is 1.22 bits per heavy atom. The maximum atomic E-state index is 10.4. The zero-order chi connectivity index (χ0) is 13.2. The van der Waals surface area contributed by atoms with Gasteiger partial charge in [-0.3, -0.25) is 0 Å². The van der Waals surface area contributed by atoms with Crippen LogP contribution in [0.5, 0.6) is 11.5 Å². The average Bonchev–Trinajstić information content (AvgIpc) is 2.30. The van der Waals surface area contributed by atoms with Crippen molar-refractivity contribution in [2.24, 2.45) is 5.73 Å². The molecule has 1 aromatic carbocycles. The van der Waals surface area contributed by atoms with E-state index in [1.165, 1.54) is 0 Å². The monoisotopic (exact) mass is 251 g/mol. The Bertz CT molecular complexity index is 414. The molecule has 4 heteroatoms. The summed E-state index contributed by atoms with van der Waals surface area (Å²) in [5, 5.41) is 10.4. The van der Waals surface area contributed by atoms with Crippen molar-refractivity contribution in [2.45, 2.75) is 38.3 Å². The summed E-state index contributed by atoms with van der Waals surface area (Å²) in [4.78, 5) is 0. The molecule has 0 spiro atoms. The molecule has 0 bridgehead atoms. The van der Waals surface area contributed by atoms with Crippen LogP contribution in [-0.4, -0.2) is 24.4 Å². The topological polar surface area (TPSA) is 64.7 Å². The maximum Gasteiger partial charge on any atom is 0.161 e. The number of aliphatic hydroxyl groups is 1. The lowest BCUT2D eigenvalue weighted by Gasteiger charge is -2.42. The zero-order valence-electron chi connectivity index (χ0n) is 11.0. The van der Waals surface area contributed by atoms with Gasteiger partial charge in [-0.1, -0.05) is 6.07 Å². The van der Waals surface area contributed by atoms with Gasteiger partial charge in [0.25, 0.3) is 0 Å². The van der Waals surface area contributed by atoms with Gasteiger partial charge in [-0.15, -0.1) is 0 Å². The van der Waals surface area contributed by atoms with Gasteiger partial charge < -0.3 is 20.3 Å². The summed E-state index contributed by atoms with van der Waals surface area (Å²) >= 11 is 0. The van der Waals surface area contributed by atoms with Crippen molar-refractivity contribution in [3.8, 4) is 11.5 Å². The number of ether oxygens (including phenoxy) is 2. The number of hydrogen-bond donors (Lipinski definition) is 2. The van der Waals surface area contributed by atoms with Crippen LogP contribution < -0.4 is 15.2 Å². The third-order valence-corrected chi connectivity index (χ3v) is 3.28. The molecule has 0 heterocycles. The Hall–Kier alpha value is -1.26. The highest BCUT2D eigenvalue weighted by atomic mass is 16.5. The van der Waals surface area contributed by atoms with E-state index in [-0.39, 0.29) is 6.04 Å². The van der Waals surface area contributed by atoms with E-state index in [0.29, 0.717) is 31.8 Å². The van der Waals surface area contributed by atoms with Crippen molar-refractivity contribution in [1.82, 2.24) is 0 Å². The van der Waals surface area contributed by atoms with Crippen molar-refractivity contribution < 1.29 is 14.6 Å². The second-order valence-corrected chi connectivity index (χ2v) is 4.73. The summed E-state index contributed by atoms with van der Waals surface area (Å²) in [7, 11) is 0. The van der Waals surface area contributed by atoms with Crippen LogP contribution in [-0.2, 0) is 5.60 Å². The van der Waals surface area contributed by atoms with E-state index in [4.69, 9.17) is 15.2 Å². The normalized spacial score (nSPS) is 26.6. The minimum atomic E-state index is -0.796. The second kappa shape index (κ2) is 5.16. The molecular weight excluding hydrogens is 230 g/mol. The number of hydrogen-bond acceptors (Lipinski definition) is 4. The first-order valence-corrected chi connectivity index (χ1v) is 6.47. The van der Waals surface area contributed by atoms with Gasteiger partial charge in [0.1, 0.15) is 0 Å². The van der Waals surface area contributed by atoms with Gasteiger partial charge in [-0.05, 0) is 44.4 Å². The van der Waals surface area contributed by atoms with Gasteiger partial charge in [0.05, 0.1) is 18.8 Å². The fourth-order valence-electron chi connectivity index (χ4n) is 2.38. The fourth-order valence-corrected chi connectivity index (χ4v) is 2.38. The van der Waals surface area contributed by atoms with Crippen LogP contribution in [0.3, 0.4) is 0 Å². The van der Waals surface area contributed by atoms with E-state index >= 15 is 0 Å². The first-order valence-electron chi connectivity index (χ1n) is 6.47. The lowest BCUT2D eigenvalue weighted by molar-refractivity contribution is -0.0524. The van der Waals surface area contributed by atoms with Crippen LogP contribution in [0, 0.1) is 0 Å². The average molecular weight is 251 g/mol. The van der Waals surface area contributed by atoms with Gasteiger partial charge in [0, 0.05) is 6.04 Å². The third kappa shape index (κ3) is 2.44. The predicted molar refractivity (Wildman–Crippen MR) is 69.9 cm³/mol. The molecule has 1 aliphatic carbocycles. The van der Waals surface area contributed by atoms with Gasteiger partial charge in [-0.2, -0.15) is 0 Å². The highest BCUT2D eigenvalue weighted by molar-refractivity contribution is 5.45. The predicted octanol–water partition coefficient (Wildman–Crippen LogP) is 1.79. The first kappa shape index (κ1) is 13.2. The van der Waals surface area contributed by atoms with Gasteiger partial charge in [0.15, 0.2) is 11.5 Å². The van der Waals surface area contributed by atoms with Crippen molar-refractivity contribution in [1.29, 1.82) is 0 Å². The minimum absolute atomic E-state index is 0.0945. The van der Waals surface area contributed by atoms with E-state index < -0.39 is 5.60 Å². The Balaban J connectivity index is 2.25. The molecule has 0 radical (unpaired) electrons. The lowest BCUT2D eigenvalue weighted by atomic mass is 9.72. The summed E-state index contributed by atoms with van der Waals surface area (Å²) in [6, 6.07) is 5.70. The van der Waals surface area contributed by atoms with Gasteiger partial charge >= 0.3 is 0 Å². The molecule has 3 N–H and O–H groups in total. The maximum absolute atomic E-state index is 10.4. The second-order valence-electron chi connectivity index (χ2n) is 4.73. The summed E-state index contributed by atoms with van der Waals surface area (Å²) < 4.78 is 11.1. The summed E-state index contributed by atoms with van der Waals surface area (Å²) in [6.45, 7) is 5.02. The smallest absolute Gasteiger partial charge is 0.161 e. The molecular formula is C14H21NO3. The Kier molecular flexibility index (Phi) is 3.78. The summed E-state index contributed by atoms with van der Waals surface area (Å²) in [6.07, 6.45) is 1.21. The largest absolute Gasteiger partial charge is 0.490 e. The Morgan fingerprint density at radius 3 is 2.39 bits per heavy atom. The van der Waals surface area contributed by atoms with Gasteiger partial charge in [0.2, 0.25) is 0 Å². The molecule has 0 saturated heterocycles. The first-order chi connectivity index (χ1) is 8.59. The number of nitrogens with two attached hydrogens (primary N) is 1.